The van der Waals surface area contributed by atoms with Crippen molar-refractivity contribution in [1.82, 2.24) is 19.8 Å². The Morgan fingerprint density at radius 2 is 2.05 bits per heavy atom. The molecule has 1 fully saturated rings. The summed E-state index contributed by atoms with van der Waals surface area (Å²) in [6.07, 6.45) is 1.64. The minimum Gasteiger partial charge on any atom is -0.354 e. The molecule has 2 heterocycles. The van der Waals surface area contributed by atoms with Crippen LogP contribution < -0.4 is 5.32 Å². The zero-order valence-corrected chi connectivity index (χ0v) is 12.5. The lowest BCUT2D eigenvalue weighted by Gasteiger charge is -2.32. The summed E-state index contributed by atoms with van der Waals surface area (Å²) in [5.74, 6) is 1.03. The normalized spacial score (nSPS) is 16.5. The molecular weight excluding hydrogens is 254 g/mol. The van der Waals surface area contributed by atoms with Crippen molar-refractivity contribution in [2.45, 2.75) is 13.8 Å². The van der Waals surface area contributed by atoms with Gasteiger partial charge in [-0.1, -0.05) is 13.8 Å². The molecule has 6 nitrogen and oxygen atoms in total. The van der Waals surface area contributed by atoms with Gasteiger partial charge in [-0.2, -0.15) is 0 Å². The van der Waals surface area contributed by atoms with Crippen LogP contribution in [0.2, 0.25) is 0 Å². The fourth-order valence-corrected chi connectivity index (χ4v) is 2.03. The average molecular weight is 277 g/mol. The van der Waals surface area contributed by atoms with Crippen LogP contribution in [0.25, 0.3) is 0 Å². The predicted octanol–water partition coefficient (Wildman–Crippen LogP) is 0.932. The number of hydrogen-bond acceptors (Lipinski definition) is 5. The molecule has 1 aliphatic rings. The maximum absolute atomic E-state index is 12.4. The lowest BCUT2D eigenvalue weighted by molar-refractivity contribution is 0.0658. The SMILES string of the molecule is CC(C)CNc1nccc(C(=O)N2CCN(C)CC2)n1. The van der Waals surface area contributed by atoms with Crippen molar-refractivity contribution >= 4 is 11.9 Å². The third kappa shape index (κ3) is 3.90. The first-order valence-electron chi connectivity index (χ1n) is 7.11. The number of nitrogens with zero attached hydrogens (tertiary/aromatic N) is 4. The summed E-state index contributed by atoms with van der Waals surface area (Å²) in [5, 5.41) is 3.15. The Morgan fingerprint density at radius 3 is 2.70 bits per heavy atom. The van der Waals surface area contributed by atoms with Crippen LogP contribution in [0.15, 0.2) is 12.3 Å². The molecule has 20 heavy (non-hydrogen) atoms. The molecule has 0 spiro atoms. The lowest BCUT2D eigenvalue weighted by Crippen LogP contribution is -2.47. The maximum Gasteiger partial charge on any atom is 0.272 e. The molecule has 0 radical (unpaired) electrons. The van der Waals surface area contributed by atoms with Crippen molar-refractivity contribution in [3.63, 3.8) is 0 Å². The molecule has 0 unspecified atom stereocenters. The Balaban J connectivity index is 2.00. The Kier molecular flexibility index (Phi) is 4.89. The Hall–Kier alpha value is -1.69. The van der Waals surface area contributed by atoms with Gasteiger partial charge in [-0.25, -0.2) is 9.97 Å². The van der Waals surface area contributed by atoms with Crippen molar-refractivity contribution in [3.8, 4) is 0 Å². The molecule has 1 saturated heterocycles. The summed E-state index contributed by atoms with van der Waals surface area (Å²) in [4.78, 5) is 24.9. The molecule has 0 atom stereocenters. The van der Waals surface area contributed by atoms with Gasteiger partial charge >= 0.3 is 0 Å². The number of amides is 1. The third-order valence-electron chi connectivity index (χ3n) is 3.33. The third-order valence-corrected chi connectivity index (χ3v) is 3.33. The summed E-state index contributed by atoms with van der Waals surface area (Å²) in [6, 6.07) is 1.68. The van der Waals surface area contributed by atoms with E-state index < -0.39 is 0 Å². The molecule has 1 aromatic rings. The van der Waals surface area contributed by atoms with E-state index in [0.29, 0.717) is 17.6 Å². The van der Waals surface area contributed by atoms with Crippen molar-refractivity contribution in [2.75, 3.05) is 45.1 Å². The molecule has 2 rings (SSSR count). The summed E-state index contributed by atoms with van der Waals surface area (Å²) in [7, 11) is 2.07. The molecule has 1 aliphatic heterocycles. The Morgan fingerprint density at radius 1 is 1.35 bits per heavy atom. The lowest BCUT2D eigenvalue weighted by atomic mass is 10.2. The largest absolute Gasteiger partial charge is 0.354 e. The van der Waals surface area contributed by atoms with Gasteiger partial charge in [0.15, 0.2) is 0 Å². The molecule has 1 N–H and O–H groups in total. The second-order valence-electron chi connectivity index (χ2n) is 5.64. The van der Waals surface area contributed by atoms with Crippen LogP contribution in [-0.2, 0) is 0 Å². The molecule has 0 aliphatic carbocycles. The second kappa shape index (κ2) is 6.65. The number of hydrogen-bond donors (Lipinski definition) is 1. The van der Waals surface area contributed by atoms with Gasteiger partial charge in [-0.15, -0.1) is 0 Å². The summed E-state index contributed by atoms with van der Waals surface area (Å²) in [6.45, 7) is 8.37. The first kappa shape index (κ1) is 14.7. The van der Waals surface area contributed by atoms with Crippen LogP contribution in [-0.4, -0.2) is 65.4 Å². The highest BCUT2D eigenvalue weighted by molar-refractivity contribution is 5.92. The molecule has 0 aromatic carbocycles. The minimum atomic E-state index is -0.00639. The van der Waals surface area contributed by atoms with Crippen molar-refractivity contribution in [2.24, 2.45) is 5.92 Å². The van der Waals surface area contributed by atoms with E-state index in [2.05, 4.69) is 41.1 Å². The first-order chi connectivity index (χ1) is 9.56. The van der Waals surface area contributed by atoms with Crippen LogP contribution in [0.5, 0.6) is 0 Å². The first-order valence-corrected chi connectivity index (χ1v) is 7.11. The van der Waals surface area contributed by atoms with Crippen LogP contribution >= 0.6 is 0 Å². The highest BCUT2D eigenvalue weighted by Crippen LogP contribution is 2.08. The van der Waals surface area contributed by atoms with Gasteiger partial charge in [-0.05, 0) is 19.0 Å². The maximum atomic E-state index is 12.4. The quantitative estimate of drug-likeness (QED) is 0.887. The van der Waals surface area contributed by atoms with Crippen LogP contribution in [0.3, 0.4) is 0 Å². The van der Waals surface area contributed by atoms with Crippen molar-refractivity contribution in [3.05, 3.63) is 18.0 Å². The van der Waals surface area contributed by atoms with E-state index in [1.165, 1.54) is 0 Å². The molecule has 1 aromatic heterocycles. The standard InChI is InChI=1S/C14H23N5O/c1-11(2)10-16-14-15-5-4-12(17-14)13(20)19-8-6-18(3)7-9-19/h4-5,11H,6-10H2,1-3H3,(H,15,16,17). The van der Waals surface area contributed by atoms with E-state index in [0.717, 1.165) is 32.7 Å². The highest BCUT2D eigenvalue weighted by Gasteiger charge is 2.21. The molecule has 0 saturated carbocycles. The summed E-state index contributed by atoms with van der Waals surface area (Å²) in [5.41, 5.74) is 0.468. The zero-order valence-electron chi connectivity index (χ0n) is 12.5. The number of carbonyl (C=O) groups excluding carboxylic acids is 1. The average Bonchev–Trinajstić information content (AvgIpc) is 2.45. The highest BCUT2D eigenvalue weighted by atomic mass is 16.2. The number of rotatable bonds is 4. The van der Waals surface area contributed by atoms with E-state index in [-0.39, 0.29) is 5.91 Å². The van der Waals surface area contributed by atoms with Gasteiger partial charge in [0.25, 0.3) is 5.91 Å². The van der Waals surface area contributed by atoms with Crippen LogP contribution in [0.4, 0.5) is 5.95 Å². The van der Waals surface area contributed by atoms with E-state index in [9.17, 15) is 4.79 Å². The minimum absolute atomic E-state index is 0.00639. The van der Waals surface area contributed by atoms with Gasteiger partial charge in [0.2, 0.25) is 5.95 Å². The summed E-state index contributed by atoms with van der Waals surface area (Å²) >= 11 is 0. The fraction of sp³-hybridized carbons (Fsp3) is 0.643. The molecule has 110 valence electrons. The Labute approximate surface area is 120 Å². The smallest absolute Gasteiger partial charge is 0.272 e. The van der Waals surface area contributed by atoms with E-state index in [1.54, 1.807) is 12.3 Å². The zero-order chi connectivity index (χ0) is 14.5. The number of carbonyl (C=O) groups is 1. The summed E-state index contributed by atoms with van der Waals surface area (Å²) < 4.78 is 0. The number of anilines is 1. The van der Waals surface area contributed by atoms with Gasteiger partial charge in [0.1, 0.15) is 5.69 Å². The van der Waals surface area contributed by atoms with E-state index in [4.69, 9.17) is 0 Å². The predicted molar refractivity (Wildman–Crippen MR) is 78.8 cm³/mol. The van der Waals surface area contributed by atoms with Gasteiger partial charge < -0.3 is 15.1 Å². The molecule has 1 amide bonds. The van der Waals surface area contributed by atoms with Crippen molar-refractivity contribution in [1.29, 1.82) is 0 Å². The molecule has 0 bridgehead atoms. The number of nitrogens with one attached hydrogen (secondary N) is 1. The van der Waals surface area contributed by atoms with Gasteiger partial charge in [0.05, 0.1) is 0 Å². The number of piperazine rings is 1. The van der Waals surface area contributed by atoms with E-state index >= 15 is 0 Å². The topological polar surface area (TPSA) is 61.4 Å². The van der Waals surface area contributed by atoms with Crippen molar-refractivity contribution < 1.29 is 4.79 Å². The monoisotopic (exact) mass is 277 g/mol. The number of likely N-dealkylation sites (N-methyl/N-ethyl adjacent to an activating group) is 1. The van der Waals surface area contributed by atoms with Gasteiger partial charge in [-0.3, -0.25) is 4.79 Å². The van der Waals surface area contributed by atoms with E-state index in [1.807, 2.05) is 4.90 Å². The fourth-order valence-electron chi connectivity index (χ4n) is 2.03. The second-order valence-corrected chi connectivity index (χ2v) is 5.64. The molecule has 6 heteroatoms. The number of aromatic nitrogens is 2. The van der Waals surface area contributed by atoms with Crippen LogP contribution in [0, 0.1) is 5.92 Å². The Bertz CT molecular complexity index is 455. The molecular formula is C14H23N5O. The van der Waals surface area contributed by atoms with Crippen LogP contribution in [0.1, 0.15) is 24.3 Å². The van der Waals surface area contributed by atoms with Gasteiger partial charge in [0, 0.05) is 38.9 Å².